The molecule has 0 radical (unpaired) electrons. The minimum Gasteiger partial charge on any atom is -0.352 e. The summed E-state index contributed by atoms with van der Waals surface area (Å²) in [4.78, 5) is 28.5. The Morgan fingerprint density at radius 1 is 1.03 bits per heavy atom. The Morgan fingerprint density at radius 2 is 1.66 bits per heavy atom. The lowest BCUT2D eigenvalue weighted by Gasteiger charge is -2.33. The molecule has 0 spiro atoms. The average molecular weight is 397 g/mol. The molecule has 8 heteroatoms. The van der Waals surface area contributed by atoms with Gasteiger partial charge in [0.2, 0.25) is 17.7 Å². The molecule has 4 rings (SSSR count). The maximum absolute atomic E-state index is 12.3. The van der Waals surface area contributed by atoms with Gasteiger partial charge in [0.05, 0.1) is 13.1 Å². The van der Waals surface area contributed by atoms with Gasteiger partial charge in [0.15, 0.2) is 0 Å². The first-order valence-corrected chi connectivity index (χ1v) is 10.1. The van der Waals surface area contributed by atoms with Crippen LogP contribution in [-0.2, 0) is 9.59 Å². The molecule has 1 aromatic heterocycles. The minimum absolute atomic E-state index is 0.105. The van der Waals surface area contributed by atoms with E-state index in [4.69, 9.17) is 4.52 Å². The van der Waals surface area contributed by atoms with Crippen molar-refractivity contribution >= 4 is 17.7 Å². The number of nitrogens with one attached hydrogen (secondary N) is 2. The lowest BCUT2D eigenvalue weighted by atomic mass is 10.1. The fourth-order valence-electron chi connectivity index (χ4n) is 3.38. The van der Waals surface area contributed by atoms with Gasteiger partial charge in [0, 0.05) is 43.9 Å². The number of aromatic nitrogens is 1. The van der Waals surface area contributed by atoms with Crippen LogP contribution in [-0.4, -0.2) is 72.1 Å². The number of carbonyl (C=O) groups excluding carboxylic acids is 2. The van der Waals surface area contributed by atoms with E-state index >= 15 is 0 Å². The molecule has 1 aromatic carbocycles. The third kappa shape index (κ3) is 5.65. The van der Waals surface area contributed by atoms with Crippen molar-refractivity contribution in [2.24, 2.45) is 0 Å². The van der Waals surface area contributed by atoms with Gasteiger partial charge in [-0.05, 0) is 19.8 Å². The first-order chi connectivity index (χ1) is 14.0. The van der Waals surface area contributed by atoms with E-state index in [1.807, 2.05) is 31.2 Å². The van der Waals surface area contributed by atoms with Crippen molar-refractivity contribution in [1.29, 1.82) is 0 Å². The SMILES string of the molecule is Cc1ccc(-c2cc(NC(=O)CN3CCN(CC(=O)NC4CC4)CC3)on2)cc1. The number of hydrogen-bond donors (Lipinski definition) is 2. The quantitative estimate of drug-likeness (QED) is 0.736. The molecule has 0 atom stereocenters. The molecule has 8 nitrogen and oxygen atoms in total. The maximum Gasteiger partial charge on any atom is 0.240 e. The number of carbonyl (C=O) groups is 2. The highest BCUT2D eigenvalue weighted by atomic mass is 16.5. The zero-order valence-corrected chi connectivity index (χ0v) is 16.7. The average Bonchev–Trinajstić information content (AvgIpc) is 3.39. The number of aryl methyl sites for hydroxylation is 1. The van der Waals surface area contributed by atoms with E-state index in [0.29, 0.717) is 30.7 Å². The molecule has 1 aliphatic heterocycles. The monoisotopic (exact) mass is 397 g/mol. The zero-order valence-electron chi connectivity index (χ0n) is 16.7. The third-order valence-corrected chi connectivity index (χ3v) is 5.26. The van der Waals surface area contributed by atoms with Crippen LogP contribution in [0.2, 0.25) is 0 Å². The molecule has 2 aliphatic rings. The summed E-state index contributed by atoms with van der Waals surface area (Å²) in [6.45, 7) is 5.85. The number of nitrogens with zero attached hydrogens (tertiary/aromatic N) is 3. The van der Waals surface area contributed by atoms with E-state index in [-0.39, 0.29) is 11.8 Å². The molecule has 2 fully saturated rings. The number of amides is 2. The van der Waals surface area contributed by atoms with Crippen LogP contribution >= 0.6 is 0 Å². The molecule has 2 amide bonds. The van der Waals surface area contributed by atoms with E-state index in [0.717, 1.165) is 44.6 Å². The van der Waals surface area contributed by atoms with Gasteiger partial charge in [-0.3, -0.25) is 24.7 Å². The van der Waals surface area contributed by atoms with Gasteiger partial charge in [-0.2, -0.15) is 0 Å². The molecule has 154 valence electrons. The Morgan fingerprint density at radius 3 is 2.28 bits per heavy atom. The Labute approximate surface area is 170 Å². The molecule has 0 bridgehead atoms. The number of anilines is 1. The van der Waals surface area contributed by atoms with Crippen LogP contribution in [0.3, 0.4) is 0 Å². The van der Waals surface area contributed by atoms with E-state index in [1.54, 1.807) is 6.07 Å². The second kappa shape index (κ2) is 8.75. The second-order valence-corrected chi connectivity index (χ2v) is 7.88. The summed E-state index contributed by atoms with van der Waals surface area (Å²) < 4.78 is 5.25. The number of piperazine rings is 1. The van der Waals surface area contributed by atoms with Crippen LogP contribution in [0.5, 0.6) is 0 Å². The fraction of sp³-hybridized carbons (Fsp3) is 0.476. The number of rotatable bonds is 7. The highest BCUT2D eigenvalue weighted by Crippen LogP contribution is 2.22. The summed E-state index contributed by atoms with van der Waals surface area (Å²) in [6.07, 6.45) is 2.21. The van der Waals surface area contributed by atoms with Gasteiger partial charge in [0.25, 0.3) is 0 Å². The predicted octanol–water partition coefficient (Wildman–Crippen LogP) is 1.48. The van der Waals surface area contributed by atoms with Gasteiger partial charge in [-0.25, -0.2) is 0 Å². The van der Waals surface area contributed by atoms with Gasteiger partial charge >= 0.3 is 0 Å². The number of benzene rings is 1. The molecule has 2 N–H and O–H groups in total. The molecule has 1 saturated heterocycles. The summed E-state index contributed by atoms with van der Waals surface area (Å²) in [5, 5.41) is 9.82. The van der Waals surface area contributed by atoms with Crippen molar-refractivity contribution in [3.8, 4) is 11.3 Å². The second-order valence-electron chi connectivity index (χ2n) is 7.88. The first-order valence-electron chi connectivity index (χ1n) is 10.1. The predicted molar refractivity (Wildman–Crippen MR) is 109 cm³/mol. The fourth-order valence-corrected chi connectivity index (χ4v) is 3.38. The van der Waals surface area contributed by atoms with Crippen molar-refractivity contribution < 1.29 is 14.1 Å². The van der Waals surface area contributed by atoms with Crippen molar-refractivity contribution in [1.82, 2.24) is 20.3 Å². The Hall–Kier alpha value is -2.71. The van der Waals surface area contributed by atoms with Gasteiger partial charge in [0.1, 0.15) is 5.69 Å². The Balaban J connectivity index is 1.20. The molecule has 1 saturated carbocycles. The van der Waals surface area contributed by atoms with E-state index < -0.39 is 0 Å². The van der Waals surface area contributed by atoms with Crippen LogP contribution in [0.15, 0.2) is 34.9 Å². The highest BCUT2D eigenvalue weighted by Gasteiger charge is 2.25. The molecule has 0 unspecified atom stereocenters. The van der Waals surface area contributed by atoms with Crippen LogP contribution in [0, 0.1) is 6.92 Å². The van der Waals surface area contributed by atoms with Crippen LogP contribution in [0.25, 0.3) is 11.3 Å². The van der Waals surface area contributed by atoms with Gasteiger partial charge < -0.3 is 9.84 Å². The lowest BCUT2D eigenvalue weighted by molar-refractivity contribution is -0.123. The van der Waals surface area contributed by atoms with Crippen LogP contribution in [0.4, 0.5) is 5.88 Å². The smallest absolute Gasteiger partial charge is 0.240 e. The molecular formula is C21H27N5O3. The summed E-state index contributed by atoms with van der Waals surface area (Å²) in [6, 6.07) is 10.1. The standard InChI is InChI=1S/C21H27N5O3/c1-15-2-4-16(5-3-15)18-12-21(29-24-18)23-20(28)14-26-10-8-25(9-11-26)13-19(27)22-17-6-7-17/h2-5,12,17H,6-11,13-14H2,1H3,(H,22,27)(H,23,28). The van der Waals surface area contributed by atoms with E-state index in [9.17, 15) is 9.59 Å². The topological polar surface area (TPSA) is 90.7 Å². The minimum atomic E-state index is -0.128. The number of hydrogen-bond acceptors (Lipinski definition) is 6. The van der Waals surface area contributed by atoms with E-state index in [1.165, 1.54) is 5.56 Å². The Kier molecular flexibility index (Phi) is 5.92. The van der Waals surface area contributed by atoms with Crippen molar-refractivity contribution in [2.75, 3.05) is 44.6 Å². The zero-order chi connectivity index (χ0) is 20.2. The summed E-state index contributed by atoms with van der Waals surface area (Å²) >= 11 is 0. The van der Waals surface area contributed by atoms with Gasteiger partial charge in [-0.15, -0.1) is 0 Å². The first kappa shape index (κ1) is 19.6. The Bertz CT molecular complexity index is 851. The summed E-state index contributed by atoms with van der Waals surface area (Å²) in [5.41, 5.74) is 2.81. The van der Waals surface area contributed by atoms with Crippen molar-refractivity contribution in [2.45, 2.75) is 25.8 Å². The van der Waals surface area contributed by atoms with E-state index in [2.05, 4.69) is 25.6 Å². The lowest BCUT2D eigenvalue weighted by Crippen LogP contribution is -2.51. The molecule has 1 aliphatic carbocycles. The maximum atomic E-state index is 12.3. The van der Waals surface area contributed by atoms with Gasteiger partial charge in [-0.1, -0.05) is 35.0 Å². The largest absolute Gasteiger partial charge is 0.352 e. The molecule has 29 heavy (non-hydrogen) atoms. The van der Waals surface area contributed by atoms with Crippen molar-refractivity contribution in [3.63, 3.8) is 0 Å². The van der Waals surface area contributed by atoms with Crippen LogP contribution < -0.4 is 10.6 Å². The highest BCUT2D eigenvalue weighted by molar-refractivity contribution is 5.91. The molecular weight excluding hydrogens is 370 g/mol. The summed E-state index contributed by atoms with van der Waals surface area (Å²) in [7, 11) is 0. The van der Waals surface area contributed by atoms with Crippen molar-refractivity contribution in [3.05, 3.63) is 35.9 Å². The molecule has 2 aromatic rings. The normalized spacial score (nSPS) is 17.8. The summed E-state index contributed by atoms with van der Waals surface area (Å²) in [5.74, 6) is 0.325. The van der Waals surface area contributed by atoms with Crippen LogP contribution in [0.1, 0.15) is 18.4 Å². The third-order valence-electron chi connectivity index (χ3n) is 5.26. The molecule has 2 heterocycles.